The van der Waals surface area contributed by atoms with Gasteiger partial charge >= 0.3 is 0 Å². The lowest BCUT2D eigenvalue weighted by Gasteiger charge is -2.24. The topological polar surface area (TPSA) is 65.5 Å². The molecular formula is C20H32N4O. The molecule has 0 atom stereocenters. The summed E-state index contributed by atoms with van der Waals surface area (Å²) in [4.78, 5) is 16.4. The standard InChI is InChI=1S/C20H32N4O/c1-5-21-19(23-13-12-22-18(25)16-8-9-16)24-14-20(3,4)17-10-6-15(2)7-11-17/h6-7,10-11,16H,5,8-9,12-14H2,1-4H3,(H,22,25)(H2,21,23,24). The van der Waals surface area contributed by atoms with Crippen LogP contribution < -0.4 is 16.0 Å². The molecule has 0 spiro atoms. The van der Waals surface area contributed by atoms with Crippen LogP contribution in [0.3, 0.4) is 0 Å². The Hall–Kier alpha value is -2.04. The zero-order valence-corrected chi connectivity index (χ0v) is 16.0. The van der Waals surface area contributed by atoms with E-state index in [0.717, 1.165) is 25.3 Å². The molecule has 0 saturated heterocycles. The number of hydrogen-bond acceptors (Lipinski definition) is 2. The van der Waals surface area contributed by atoms with Gasteiger partial charge < -0.3 is 16.0 Å². The Balaban J connectivity index is 1.84. The first kappa shape index (κ1) is 19.3. The van der Waals surface area contributed by atoms with Gasteiger partial charge in [-0.2, -0.15) is 0 Å². The summed E-state index contributed by atoms with van der Waals surface area (Å²) in [6, 6.07) is 8.65. The SMILES string of the molecule is CCNC(=NCC(C)(C)c1ccc(C)cc1)NCCNC(=O)C1CC1. The monoisotopic (exact) mass is 344 g/mol. The highest BCUT2D eigenvalue weighted by Crippen LogP contribution is 2.28. The van der Waals surface area contributed by atoms with Crippen LogP contribution in [0.2, 0.25) is 0 Å². The molecule has 0 aliphatic heterocycles. The van der Waals surface area contributed by atoms with Gasteiger partial charge in [0.1, 0.15) is 0 Å². The van der Waals surface area contributed by atoms with Crippen LogP contribution in [0.4, 0.5) is 0 Å². The summed E-state index contributed by atoms with van der Waals surface area (Å²) in [7, 11) is 0. The molecule has 25 heavy (non-hydrogen) atoms. The summed E-state index contributed by atoms with van der Waals surface area (Å²) in [6.07, 6.45) is 2.08. The van der Waals surface area contributed by atoms with E-state index in [4.69, 9.17) is 4.99 Å². The lowest BCUT2D eigenvalue weighted by Crippen LogP contribution is -2.42. The molecule has 1 amide bonds. The Labute approximate surface area is 151 Å². The molecule has 3 N–H and O–H groups in total. The van der Waals surface area contributed by atoms with E-state index in [0.29, 0.717) is 19.6 Å². The highest BCUT2D eigenvalue weighted by atomic mass is 16.2. The van der Waals surface area contributed by atoms with E-state index in [2.05, 4.69) is 67.9 Å². The number of nitrogens with one attached hydrogen (secondary N) is 3. The summed E-state index contributed by atoms with van der Waals surface area (Å²) >= 11 is 0. The van der Waals surface area contributed by atoms with Crippen LogP contribution in [0, 0.1) is 12.8 Å². The van der Waals surface area contributed by atoms with Gasteiger partial charge in [-0.1, -0.05) is 43.7 Å². The number of amides is 1. The minimum absolute atomic E-state index is 0.0315. The molecule has 5 heteroatoms. The predicted octanol–water partition coefficient (Wildman–Crippen LogP) is 2.35. The third-order valence-electron chi connectivity index (χ3n) is 4.47. The van der Waals surface area contributed by atoms with E-state index in [-0.39, 0.29) is 17.2 Å². The van der Waals surface area contributed by atoms with Gasteiger partial charge in [-0.15, -0.1) is 0 Å². The normalized spacial score (nSPS) is 15.0. The Morgan fingerprint density at radius 3 is 2.36 bits per heavy atom. The summed E-state index contributed by atoms with van der Waals surface area (Å²) in [5.74, 6) is 1.24. The summed E-state index contributed by atoms with van der Waals surface area (Å²) < 4.78 is 0. The number of aryl methyl sites for hydroxylation is 1. The fourth-order valence-corrected chi connectivity index (χ4v) is 2.57. The van der Waals surface area contributed by atoms with Gasteiger partial charge in [-0.05, 0) is 32.3 Å². The third-order valence-corrected chi connectivity index (χ3v) is 4.47. The molecule has 1 fully saturated rings. The van der Waals surface area contributed by atoms with Crippen molar-refractivity contribution in [2.24, 2.45) is 10.9 Å². The Morgan fingerprint density at radius 1 is 1.12 bits per heavy atom. The minimum Gasteiger partial charge on any atom is -0.357 e. The first-order valence-electron chi connectivity index (χ1n) is 9.29. The van der Waals surface area contributed by atoms with Crippen molar-refractivity contribution in [2.45, 2.75) is 46.0 Å². The lowest BCUT2D eigenvalue weighted by molar-refractivity contribution is -0.122. The van der Waals surface area contributed by atoms with Crippen LogP contribution in [0.15, 0.2) is 29.3 Å². The molecule has 1 aromatic carbocycles. The smallest absolute Gasteiger partial charge is 0.223 e. The van der Waals surface area contributed by atoms with Crippen LogP contribution in [0.25, 0.3) is 0 Å². The molecular weight excluding hydrogens is 312 g/mol. The van der Waals surface area contributed by atoms with Crippen molar-refractivity contribution in [3.63, 3.8) is 0 Å². The second-order valence-electron chi connectivity index (χ2n) is 7.44. The van der Waals surface area contributed by atoms with Crippen LogP contribution in [0.1, 0.15) is 44.7 Å². The number of rotatable bonds is 8. The summed E-state index contributed by atoms with van der Waals surface area (Å²) in [5.41, 5.74) is 2.52. The van der Waals surface area contributed by atoms with Gasteiger partial charge in [0, 0.05) is 31.0 Å². The quantitative estimate of drug-likeness (QED) is 0.385. The van der Waals surface area contributed by atoms with E-state index in [9.17, 15) is 4.79 Å². The number of carbonyl (C=O) groups excluding carboxylic acids is 1. The number of carbonyl (C=O) groups is 1. The highest BCUT2D eigenvalue weighted by molar-refractivity contribution is 5.81. The molecule has 1 aromatic rings. The highest BCUT2D eigenvalue weighted by Gasteiger charge is 2.29. The molecule has 0 radical (unpaired) electrons. The van der Waals surface area contributed by atoms with E-state index in [1.807, 2.05) is 0 Å². The van der Waals surface area contributed by atoms with E-state index in [1.54, 1.807) is 0 Å². The van der Waals surface area contributed by atoms with Gasteiger partial charge in [-0.25, -0.2) is 0 Å². The molecule has 5 nitrogen and oxygen atoms in total. The molecule has 0 heterocycles. The average Bonchev–Trinajstić information content (AvgIpc) is 3.41. The van der Waals surface area contributed by atoms with Crippen molar-refractivity contribution in [1.82, 2.24) is 16.0 Å². The number of hydrogen-bond donors (Lipinski definition) is 3. The lowest BCUT2D eigenvalue weighted by atomic mass is 9.84. The number of guanidine groups is 1. The van der Waals surface area contributed by atoms with Crippen molar-refractivity contribution in [2.75, 3.05) is 26.2 Å². The predicted molar refractivity (Wildman–Crippen MR) is 104 cm³/mol. The molecule has 0 aromatic heterocycles. The Bertz CT molecular complexity index is 588. The van der Waals surface area contributed by atoms with Crippen LogP contribution in [0.5, 0.6) is 0 Å². The number of benzene rings is 1. The maximum Gasteiger partial charge on any atom is 0.223 e. The van der Waals surface area contributed by atoms with E-state index >= 15 is 0 Å². The number of aliphatic imine (C=N–C) groups is 1. The second kappa shape index (κ2) is 8.88. The fourth-order valence-electron chi connectivity index (χ4n) is 2.57. The first-order valence-corrected chi connectivity index (χ1v) is 9.29. The Kier molecular flexibility index (Phi) is 6.85. The van der Waals surface area contributed by atoms with Gasteiger partial charge in [0.05, 0.1) is 6.54 Å². The minimum atomic E-state index is -0.0315. The van der Waals surface area contributed by atoms with Crippen molar-refractivity contribution in [1.29, 1.82) is 0 Å². The first-order chi connectivity index (χ1) is 11.9. The zero-order chi connectivity index (χ0) is 18.3. The Morgan fingerprint density at radius 2 is 1.76 bits per heavy atom. The van der Waals surface area contributed by atoms with Crippen LogP contribution >= 0.6 is 0 Å². The molecule has 1 saturated carbocycles. The molecule has 1 aliphatic carbocycles. The zero-order valence-electron chi connectivity index (χ0n) is 16.0. The van der Waals surface area contributed by atoms with Gasteiger partial charge in [0.15, 0.2) is 5.96 Å². The van der Waals surface area contributed by atoms with Gasteiger partial charge in [-0.3, -0.25) is 9.79 Å². The van der Waals surface area contributed by atoms with Crippen molar-refractivity contribution in [3.05, 3.63) is 35.4 Å². The maximum absolute atomic E-state index is 11.6. The molecule has 1 aliphatic rings. The van der Waals surface area contributed by atoms with E-state index < -0.39 is 0 Å². The summed E-state index contributed by atoms with van der Waals surface area (Å²) in [6.45, 7) is 11.4. The molecule has 2 rings (SSSR count). The molecule has 0 bridgehead atoms. The fraction of sp³-hybridized carbons (Fsp3) is 0.600. The van der Waals surface area contributed by atoms with Gasteiger partial charge in [0.25, 0.3) is 0 Å². The second-order valence-corrected chi connectivity index (χ2v) is 7.44. The third kappa shape index (κ3) is 6.40. The summed E-state index contributed by atoms with van der Waals surface area (Å²) in [5, 5.41) is 9.52. The van der Waals surface area contributed by atoms with Crippen LogP contribution in [-0.4, -0.2) is 38.0 Å². The largest absolute Gasteiger partial charge is 0.357 e. The van der Waals surface area contributed by atoms with Crippen molar-refractivity contribution < 1.29 is 4.79 Å². The van der Waals surface area contributed by atoms with Crippen LogP contribution in [-0.2, 0) is 10.2 Å². The van der Waals surface area contributed by atoms with Crippen molar-refractivity contribution in [3.8, 4) is 0 Å². The van der Waals surface area contributed by atoms with Gasteiger partial charge in [0.2, 0.25) is 5.91 Å². The average molecular weight is 345 g/mol. The van der Waals surface area contributed by atoms with Crippen molar-refractivity contribution >= 4 is 11.9 Å². The van der Waals surface area contributed by atoms with E-state index in [1.165, 1.54) is 11.1 Å². The molecule has 0 unspecified atom stereocenters. The molecule has 138 valence electrons. The number of nitrogens with zero attached hydrogens (tertiary/aromatic N) is 1. The maximum atomic E-state index is 11.6.